The van der Waals surface area contributed by atoms with Gasteiger partial charge in [0.05, 0.1) is 19.3 Å². The monoisotopic (exact) mass is 270 g/mol. The topological polar surface area (TPSA) is 47.7 Å². The van der Waals surface area contributed by atoms with Gasteiger partial charge in [-0.05, 0) is 18.2 Å². The van der Waals surface area contributed by atoms with Gasteiger partial charge in [-0.3, -0.25) is 0 Å². The van der Waals surface area contributed by atoms with Gasteiger partial charge in [0.2, 0.25) is 0 Å². The van der Waals surface area contributed by atoms with E-state index in [1.54, 1.807) is 7.11 Å². The molecule has 0 atom stereocenters. The van der Waals surface area contributed by atoms with E-state index < -0.39 is 0 Å². The van der Waals surface area contributed by atoms with Crippen molar-refractivity contribution in [2.24, 2.45) is 0 Å². The molecule has 0 aromatic heterocycles. The molecule has 1 heterocycles. The van der Waals surface area contributed by atoms with Crippen molar-refractivity contribution in [2.75, 3.05) is 30.9 Å². The van der Waals surface area contributed by atoms with Crippen LogP contribution in [0.2, 0.25) is 0 Å². The van der Waals surface area contributed by atoms with E-state index in [1.165, 1.54) is 5.56 Å². The van der Waals surface area contributed by atoms with E-state index in [-0.39, 0.29) is 0 Å². The molecule has 0 fully saturated rings. The summed E-state index contributed by atoms with van der Waals surface area (Å²) in [6.07, 6.45) is 0. The van der Waals surface area contributed by atoms with E-state index in [0.29, 0.717) is 18.0 Å². The Morgan fingerprint density at radius 3 is 2.90 bits per heavy atom. The quantitative estimate of drug-likeness (QED) is 0.852. The Morgan fingerprint density at radius 1 is 1.20 bits per heavy atom. The number of anilines is 2. The Balaban J connectivity index is 1.91. The van der Waals surface area contributed by atoms with Crippen molar-refractivity contribution in [1.82, 2.24) is 0 Å². The number of nitrogen functional groups attached to an aromatic ring is 1. The molecule has 4 nitrogen and oxygen atoms in total. The number of hydrogen-bond donors (Lipinski definition) is 1. The number of ether oxygens (including phenoxy) is 2. The number of nitrogens with zero attached hydrogens (tertiary/aromatic N) is 1. The Hall–Kier alpha value is -2.36. The molecule has 0 radical (unpaired) electrons. The highest BCUT2D eigenvalue weighted by molar-refractivity contribution is 5.62. The second-order valence-electron chi connectivity index (χ2n) is 4.80. The molecule has 3 rings (SSSR count). The minimum atomic E-state index is 0.655. The highest BCUT2D eigenvalue weighted by Crippen LogP contribution is 2.30. The van der Waals surface area contributed by atoms with Gasteiger partial charge in [0.15, 0.2) is 0 Å². The van der Waals surface area contributed by atoms with Crippen molar-refractivity contribution in [3.63, 3.8) is 0 Å². The lowest BCUT2D eigenvalue weighted by Crippen LogP contribution is -2.25. The van der Waals surface area contributed by atoms with E-state index in [9.17, 15) is 0 Å². The Bertz CT molecular complexity index is 613. The van der Waals surface area contributed by atoms with Gasteiger partial charge in [-0.25, -0.2) is 0 Å². The number of rotatable bonds is 2. The van der Waals surface area contributed by atoms with Crippen molar-refractivity contribution in [3.8, 4) is 11.5 Å². The lowest BCUT2D eigenvalue weighted by Gasteiger charge is -2.23. The number of para-hydroxylation sites is 1. The van der Waals surface area contributed by atoms with Crippen LogP contribution in [0, 0.1) is 0 Å². The summed E-state index contributed by atoms with van der Waals surface area (Å²) in [5.41, 5.74) is 8.81. The molecule has 0 unspecified atom stereocenters. The zero-order chi connectivity index (χ0) is 13.9. The van der Waals surface area contributed by atoms with Crippen molar-refractivity contribution < 1.29 is 9.47 Å². The fraction of sp³-hybridized carbons (Fsp3) is 0.250. The summed E-state index contributed by atoms with van der Waals surface area (Å²) in [6.45, 7) is 2.33. The molecule has 0 bridgehead atoms. The van der Waals surface area contributed by atoms with Crippen LogP contribution < -0.4 is 20.1 Å². The van der Waals surface area contributed by atoms with Gasteiger partial charge in [-0.15, -0.1) is 0 Å². The van der Waals surface area contributed by atoms with Crippen LogP contribution in [-0.2, 0) is 6.54 Å². The number of benzene rings is 2. The van der Waals surface area contributed by atoms with E-state index in [4.69, 9.17) is 15.2 Å². The summed E-state index contributed by atoms with van der Waals surface area (Å²) in [7, 11) is 1.64. The molecule has 4 heteroatoms. The molecule has 1 aliphatic heterocycles. The number of methoxy groups -OCH3 is 1. The molecule has 1 aliphatic rings. The van der Waals surface area contributed by atoms with Crippen LogP contribution in [0.15, 0.2) is 42.5 Å². The SMILES string of the molecule is COc1cc(N2CCOc3ccccc3C2)ccc1N. The fourth-order valence-corrected chi connectivity index (χ4v) is 2.44. The predicted molar refractivity (Wildman–Crippen MR) is 80.4 cm³/mol. The van der Waals surface area contributed by atoms with Crippen LogP contribution >= 0.6 is 0 Å². The van der Waals surface area contributed by atoms with Gasteiger partial charge < -0.3 is 20.1 Å². The standard InChI is InChI=1S/C16H18N2O2/c1-19-16-10-13(6-7-14(16)17)18-8-9-20-15-5-3-2-4-12(15)11-18/h2-7,10H,8-9,11,17H2,1H3. The second kappa shape index (κ2) is 5.33. The maximum Gasteiger partial charge on any atom is 0.143 e. The van der Waals surface area contributed by atoms with Crippen molar-refractivity contribution in [1.29, 1.82) is 0 Å². The molecule has 0 saturated carbocycles. The Labute approximate surface area is 118 Å². The Morgan fingerprint density at radius 2 is 2.05 bits per heavy atom. The predicted octanol–water partition coefficient (Wildman–Crippen LogP) is 2.68. The fourth-order valence-electron chi connectivity index (χ4n) is 2.44. The summed E-state index contributed by atoms with van der Waals surface area (Å²) in [4.78, 5) is 2.27. The molecule has 0 amide bonds. The third-order valence-electron chi connectivity index (χ3n) is 3.53. The first-order chi connectivity index (χ1) is 9.78. The first-order valence-corrected chi connectivity index (χ1v) is 6.67. The van der Waals surface area contributed by atoms with Crippen LogP contribution in [-0.4, -0.2) is 20.3 Å². The van der Waals surface area contributed by atoms with Gasteiger partial charge in [-0.1, -0.05) is 18.2 Å². The molecular formula is C16H18N2O2. The summed E-state index contributed by atoms with van der Waals surface area (Å²) in [5, 5.41) is 0. The zero-order valence-corrected chi connectivity index (χ0v) is 11.5. The van der Waals surface area contributed by atoms with E-state index in [2.05, 4.69) is 11.0 Å². The van der Waals surface area contributed by atoms with Gasteiger partial charge >= 0.3 is 0 Å². The van der Waals surface area contributed by atoms with Crippen molar-refractivity contribution >= 4 is 11.4 Å². The normalized spacial score (nSPS) is 14.2. The maximum absolute atomic E-state index is 5.87. The third kappa shape index (κ3) is 2.37. The maximum atomic E-state index is 5.87. The van der Waals surface area contributed by atoms with Crippen LogP contribution in [0.1, 0.15) is 5.56 Å². The molecule has 2 aromatic rings. The van der Waals surface area contributed by atoms with E-state index >= 15 is 0 Å². The van der Waals surface area contributed by atoms with E-state index in [1.807, 2.05) is 36.4 Å². The largest absolute Gasteiger partial charge is 0.495 e. The van der Waals surface area contributed by atoms with Gasteiger partial charge in [-0.2, -0.15) is 0 Å². The molecule has 2 N–H and O–H groups in total. The molecule has 0 saturated heterocycles. The van der Waals surface area contributed by atoms with Crippen LogP contribution in [0.5, 0.6) is 11.5 Å². The highest BCUT2D eigenvalue weighted by Gasteiger charge is 2.16. The lowest BCUT2D eigenvalue weighted by atomic mass is 10.1. The molecule has 2 aromatic carbocycles. The molecule has 0 aliphatic carbocycles. The summed E-state index contributed by atoms with van der Waals surface area (Å²) < 4.78 is 11.1. The average Bonchev–Trinajstić information content (AvgIpc) is 2.70. The first-order valence-electron chi connectivity index (χ1n) is 6.67. The van der Waals surface area contributed by atoms with Crippen LogP contribution in [0.4, 0.5) is 11.4 Å². The number of fused-ring (bicyclic) bond motifs is 1. The smallest absolute Gasteiger partial charge is 0.143 e. The number of hydrogen-bond acceptors (Lipinski definition) is 4. The number of nitrogens with two attached hydrogens (primary N) is 1. The minimum absolute atomic E-state index is 0.655. The summed E-state index contributed by atoms with van der Waals surface area (Å²) in [6, 6.07) is 14.0. The Kier molecular flexibility index (Phi) is 3.37. The summed E-state index contributed by atoms with van der Waals surface area (Å²) in [5.74, 6) is 1.68. The van der Waals surface area contributed by atoms with Gasteiger partial charge in [0.25, 0.3) is 0 Å². The molecule has 104 valence electrons. The lowest BCUT2D eigenvalue weighted by molar-refractivity contribution is 0.331. The highest BCUT2D eigenvalue weighted by atomic mass is 16.5. The zero-order valence-electron chi connectivity index (χ0n) is 11.5. The van der Waals surface area contributed by atoms with Gasteiger partial charge in [0, 0.05) is 23.9 Å². The summed E-state index contributed by atoms with van der Waals surface area (Å²) >= 11 is 0. The molecular weight excluding hydrogens is 252 g/mol. The minimum Gasteiger partial charge on any atom is -0.495 e. The molecule has 0 spiro atoms. The second-order valence-corrected chi connectivity index (χ2v) is 4.80. The van der Waals surface area contributed by atoms with E-state index in [0.717, 1.165) is 24.5 Å². The van der Waals surface area contributed by atoms with Crippen molar-refractivity contribution in [3.05, 3.63) is 48.0 Å². The van der Waals surface area contributed by atoms with Gasteiger partial charge in [0.1, 0.15) is 18.1 Å². The first kappa shape index (κ1) is 12.7. The average molecular weight is 270 g/mol. The van der Waals surface area contributed by atoms with Crippen LogP contribution in [0.3, 0.4) is 0 Å². The molecule has 20 heavy (non-hydrogen) atoms. The third-order valence-corrected chi connectivity index (χ3v) is 3.53. The van der Waals surface area contributed by atoms with Crippen molar-refractivity contribution in [2.45, 2.75) is 6.54 Å². The van der Waals surface area contributed by atoms with Crippen LogP contribution in [0.25, 0.3) is 0 Å².